The van der Waals surface area contributed by atoms with Crippen molar-refractivity contribution in [3.63, 3.8) is 0 Å². The van der Waals surface area contributed by atoms with Gasteiger partial charge in [-0.3, -0.25) is 18.7 Å². The topological polar surface area (TPSA) is 110 Å². The van der Waals surface area contributed by atoms with Crippen molar-refractivity contribution in [1.29, 1.82) is 0 Å². The number of carbonyl (C=O) groups is 3. The Hall–Kier alpha value is -2.18. The Kier molecular flexibility index (Phi) is 12.1. The van der Waals surface area contributed by atoms with Crippen LogP contribution in [0.2, 0.25) is 0 Å². The first kappa shape index (κ1) is 31.3. The van der Waals surface area contributed by atoms with E-state index in [4.69, 9.17) is 9.26 Å². The molecular weight excluding hydrogens is 517 g/mol. The van der Waals surface area contributed by atoms with Gasteiger partial charge in [0, 0.05) is 25.0 Å². The SMILES string of the molecule is CCC(=O)OC(O[P@@](=O)(CCCCc1ccccc1)CC(=O)N1CC(C2CCCCC2)CC1C(=O)O)C(C)C. The zero-order chi connectivity index (χ0) is 28.4. The molecule has 8 nitrogen and oxygen atoms in total. The number of unbranched alkanes of at least 4 members (excludes halogenated alkanes) is 1. The number of aliphatic carboxylic acids is 1. The van der Waals surface area contributed by atoms with Gasteiger partial charge in [0.15, 0.2) is 0 Å². The summed E-state index contributed by atoms with van der Waals surface area (Å²) in [7, 11) is -3.60. The van der Waals surface area contributed by atoms with Crippen molar-refractivity contribution in [3.8, 4) is 0 Å². The highest BCUT2D eigenvalue weighted by atomic mass is 31.2. The van der Waals surface area contributed by atoms with Gasteiger partial charge in [-0.25, -0.2) is 4.79 Å². The first-order valence-corrected chi connectivity index (χ1v) is 16.6. The summed E-state index contributed by atoms with van der Waals surface area (Å²) in [6.45, 7) is 5.68. The van der Waals surface area contributed by atoms with Crippen LogP contribution in [0.4, 0.5) is 0 Å². The largest absolute Gasteiger partial charge is 0.480 e. The van der Waals surface area contributed by atoms with E-state index < -0.39 is 37.5 Å². The molecule has 1 aromatic rings. The molecule has 9 heteroatoms. The predicted molar refractivity (Wildman–Crippen MR) is 151 cm³/mol. The minimum absolute atomic E-state index is 0.149. The number of amides is 1. The van der Waals surface area contributed by atoms with Gasteiger partial charge in [0.05, 0.1) is 0 Å². The number of nitrogens with zero attached hydrogens (tertiary/aromatic N) is 1. The quantitative estimate of drug-likeness (QED) is 0.126. The van der Waals surface area contributed by atoms with E-state index in [0.29, 0.717) is 25.3 Å². The van der Waals surface area contributed by atoms with E-state index in [1.54, 1.807) is 6.92 Å². The van der Waals surface area contributed by atoms with Crippen molar-refractivity contribution < 1.29 is 33.3 Å². The number of rotatable bonds is 14. The number of carbonyl (C=O) groups excluding carboxylic acids is 2. The van der Waals surface area contributed by atoms with Crippen LogP contribution < -0.4 is 0 Å². The average molecular weight is 564 g/mol. The molecule has 0 radical (unpaired) electrons. The third-order valence-electron chi connectivity index (χ3n) is 8.07. The number of esters is 1. The standard InChI is InChI=1S/C30H46NO7P/c1-4-28(33)37-30(22(2)3)38-39(36,18-12-11-15-23-13-7-5-8-14-23)21-27(32)31-20-25(19-26(31)29(34)35)24-16-9-6-10-17-24/h5,7-8,13-14,22,24-26,30H,4,6,9-12,15-21H2,1-3H3,(H,34,35)/t25?,26?,30?,39-/m0/s1. The molecule has 4 atom stereocenters. The van der Waals surface area contributed by atoms with Gasteiger partial charge in [0.25, 0.3) is 0 Å². The van der Waals surface area contributed by atoms with Crippen LogP contribution in [-0.2, 0) is 34.6 Å². The van der Waals surface area contributed by atoms with Crippen molar-refractivity contribution in [3.05, 3.63) is 35.9 Å². The van der Waals surface area contributed by atoms with E-state index in [-0.39, 0.29) is 30.6 Å². The van der Waals surface area contributed by atoms with Crippen molar-refractivity contribution in [2.24, 2.45) is 17.8 Å². The number of hydrogen-bond acceptors (Lipinski definition) is 6. The van der Waals surface area contributed by atoms with Crippen LogP contribution in [0.3, 0.4) is 0 Å². The lowest BCUT2D eigenvalue weighted by Crippen LogP contribution is -2.42. The van der Waals surface area contributed by atoms with Crippen molar-refractivity contribution in [2.45, 2.75) is 97.3 Å². The molecule has 2 aliphatic rings. The maximum absolute atomic E-state index is 14.2. The minimum atomic E-state index is -3.60. The number of carboxylic acid groups (broad SMARTS) is 1. The normalized spacial score (nSPS) is 22.4. The second-order valence-corrected chi connectivity index (χ2v) is 14.1. The molecule has 3 unspecified atom stereocenters. The summed E-state index contributed by atoms with van der Waals surface area (Å²) in [5, 5.41) is 9.92. The van der Waals surface area contributed by atoms with E-state index in [9.17, 15) is 24.1 Å². The Bertz CT molecular complexity index is 992. The number of benzene rings is 1. The molecule has 0 spiro atoms. The van der Waals surface area contributed by atoms with Gasteiger partial charge in [-0.2, -0.15) is 0 Å². The lowest BCUT2D eigenvalue weighted by Gasteiger charge is -2.30. The highest BCUT2D eigenvalue weighted by Crippen LogP contribution is 2.51. The summed E-state index contributed by atoms with van der Waals surface area (Å²) >= 11 is 0. The summed E-state index contributed by atoms with van der Waals surface area (Å²) in [5.74, 6) is -1.61. The maximum atomic E-state index is 14.2. The van der Waals surface area contributed by atoms with Crippen molar-refractivity contribution >= 4 is 25.2 Å². The molecule has 1 saturated carbocycles. The Morgan fingerprint density at radius 2 is 1.74 bits per heavy atom. The van der Waals surface area contributed by atoms with Crippen molar-refractivity contribution in [1.82, 2.24) is 4.90 Å². The zero-order valence-electron chi connectivity index (χ0n) is 23.8. The van der Waals surface area contributed by atoms with Crippen LogP contribution in [0.1, 0.15) is 84.1 Å². The van der Waals surface area contributed by atoms with Crippen molar-refractivity contribution in [2.75, 3.05) is 18.9 Å². The first-order chi connectivity index (χ1) is 18.6. The van der Waals surface area contributed by atoms with Crippen LogP contribution in [0.5, 0.6) is 0 Å². The van der Waals surface area contributed by atoms with Gasteiger partial charge in [0.2, 0.25) is 19.6 Å². The Morgan fingerprint density at radius 1 is 1.05 bits per heavy atom. The third-order valence-corrected chi connectivity index (χ3v) is 10.4. The molecular formula is C30H46NO7P. The minimum Gasteiger partial charge on any atom is -0.480 e. The van der Waals surface area contributed by atoms with Gasteiger partial charge >= 0.3 is 11.9 Å². The summed E-state index contributed by atoms with van der Waals surface area (Å²) in [5.41, 5.74) is 1.18. The number of likely N-dealkylation sites (tertiary alicyclic amines) is 1. The van der Waals surface area contributed by atoms with Gasteiger partial charge in [-0.1, -0.05) is 83.2 Å². The van der Waals surface area contributed by atoms with E-state index in [2.05, 4.69) is 0 Å². The lowest BCUT2D eigenvalue weighted by molar-refractivity contribution is -0.169. The van der Waals surface area contributed by atoms with E-state index in [1.807, 2.05) is 44.2 Å². The highest BCUT2D eigenvalue weighted by Gasteiger charge is 2.44. The number of carboxylic acids is 1. The molecule has 1 aliphatic heterocycles. The predicted octanol–water partition coefficient (Wildman–Crippen LogP) is 6.12. The number of aryl methyl sites for hydroxylation is 1. The zero-order valence-corrected chi connectivity index (χ0v) is 24.7. The first-order valence-electron chi connectivity index (χ1n) is 14.6. The van der Waals surface area contributed by atoms with Gasteiger partial charge in [-0.05, 0) is 43.1 Å². The van der Waals surface area contributed by atoms with Crippen LogP contribution in [-0.4, -0.2) is 59.1 Å². The molecule has 39 heavy (non-hydrogen) atoms. The Balaban J connectivity index is 1.73. The lowest BCUT2D eigenvalue weighted by atomic mass is 9.79. The molecule has 218 valence electrons. The average Bonchev–Trinajstić information content (AvgIpc) is 3.38. The fraction of sp³-hybridized carbons (Fsp3) is 0.700. The van der Waals surface area contributed by atoms with E-state index in [1.165, 1.54) is 16.9 Å². The maximum Gasteiger partial charge on any atom is 0.326 e. The van der Waals surface area contributed by atoms with Crippen LogP contribution in [0, 0.1) is 17.8 Å². The van der Waals surface area contributed by atoms with E-state index >= 15 is 0 Å². The molecule has 0 bridgehead atoms. The molecule has 1 aliphatic carbocycles. The monoisotopic (exact) mass is 563 g/mol. The van der Waals surface area contributed by atoms with Gasteiger partial charge < -0.3 is 14.7 Å². The smallest absolute Gasteiger partial charge is 0.326 e. The second kappa shape index (κ2) is 15.0. The molecule has 0 aromatic heterocycles. The molecule has 1 N–H and O–H groups in total. The molecule has 2 fully saturated rings. The number of hydrogen-bond donors (Lipinski definition) is 1. The summed E-state index contributed by atoms with van der Waals surface area (Å²) in [6.07, 6.45) is 7.12. The molecule has 1 amide bonds. The van der Waals surface area contributed by atoms with Gasteiger partial charge in [-0.15, -0.1) is 0 Å². The van der Waals surface area contributed by atoms with Gasteiger partial charge in [0.1, 0.15) is 12.2 Å². The van der Waals surface area contributed by atoms with Crippen LogP contribution in [0.25, 0.3) is 0 Å². The Morgan fingerprint density at radius 3 is 2.36 bits per heavy atom. The highest BCUT2D eigenvalue weighted by molar-refractivity contribution is 7.59. The van der Waals surface area contributed by atoms with E-state index in [0.717, 1.165) is 38.5 Å². The van der Waals surface area contributed by atoms with Crippen LogP contribution in [0.15, 0.2) is 30.3 Å². The summed E-state index contributed by atoms with van der Waals surface area (Å²) < 4.78 is 25.7. The molecule has 1 saturated heterocycles. The second-order valence-electron chi connectivity index (χ2n) is 11.5. The molecule has 1 heterocycles. The fourth-order valence-electron chi connectivity index (χ4n) is 5.80. The fourth-order valence-corrected chi connectivity index (χ4v) is 8.10. The Labute approximate surface area is 233 Å². The molecule has 3 rings (SSSR count). The third kappa shape index (κ3) is 9.46. The summed E-state index contributed by atoms with van der Waals surface area (Å²) in [6, 6.07) is 9.10. The van der Waals surface area contributed by atoms with Crippen LogP contribution >= 0.6 is 7.37 Å². The summed E-state index contributed by atoms with van der Waals surface area (Å²) in [4.78, 5) is 39.2. The molecule has 1 aromatic carbocycles. The number of ether oxygens (including phenoxy) is 1.